The van der Waals surface area contributed by atoms with Crippen LogP contribution in [0.4, 0.5) is 0 Å². The number of carbonyl (C=O) groups is 1. The van der Waals surface area contributed by atoms with E-state index in [4.69, 9.17) is 33.2 Å². The lowest BCUT2D eigenvalue weighted by Crippen LogP contribution is -2.69. The highest BCUT2D eigenvalue weighted by atomic mass is 16.7. The van der Waals surface area contributed by atoms with Crippen LogP contribution in [-0.4, -0.2) is 125 Å². The van der Waals surface area contributed by atoms with Gasteiger partial charge >= 0.3 is 0 Å². The molecule has 0 aromatic carbocycles. The summed E-state index contributed by atoms with van der Waals surface area (Å²) >= 11 is 0. The molecule has 268 valence electrons. The molecule has 4 saturated carbocycles. The van der Waals surface area contributed by atoms with E-state index in [0.717, 1.165) is 38.5 Å². The summed E-state index contributed by atoms with van der Waals surface area (Å²) in [7, 11) is 3.05. The molecule has 3 heterocycles. The van der Waals surface area contributed by atoms with Gasteiger partial charge < -0.3 is 53.6 Å². The lowest BCUT2D eigenvalue weighted by atomic mass is 9.43. The van der Waals surface area contributed by atoms with Gasteiger partial charge in [-0.1, -0.05) is 13.8 Å². The fraction of sp³-hybridized carbons (Fsp3) is 0.971. The van der Waals surface area contributed by atoms with E-state index in [1.54, 1.807) is 21.0 Å². The first-order valence-electron chi connectivity index (χ1n) is 17.8. The summed E-state index contributed by atoms with van der Waals surface area (Å²) in [6.07, 6.45) is -2.44. The number of fused-ring (bicyclic) bond motifs is 2. The number of methoxy groups -OCH3 is 2. The molecule has 7 aliphatic rings. The number of rotatable bonds is 7. The summed E-state index contributed by atoms with van der Waals surface area (Å²) in [5, 5.41) is 44.7. The Kier molecular flexibility index (Phi) is 8.78. The van der Waals surface area contributed by atoms with Crippen LogP contribution in [0.25, 0.3) is 0 Å². The molecule has 19 unspecified atom stereocenters. The third-order valence-electron chi connectivity index (χ3n) is 14.3. The Labute approximate surface area is 277 Å². The first-order chi connectivity index (χ1) is 22.2. The monoisotopic (exact) mass is 668 g/mol. The first kappa shape index (κ1) is 34.7. The van der Waals surface area contributed by atoms with Crippen molar-refractivity contribution in [2.24, 2.45) is 28.6 Å². The standard InChI is InChI=1S/C35H56O12/c1-16(36)21-10-13-35-33(21,5)30(40)26(39)29-32(4)11-9-20(14-19(32)8-12-34(29,35)47-35)45-23-15-22(41-6)27(18(3)43-23)46-31-25(38)28(42-7)24(37)17(2)44-31/h17-31,37-40H,8-15H2,1-7H3. The van der Waals surface area contributed by atoms with Crippen LogP contribution in [0, 0.1) is 28.6 Å². The van der Waals surface area contributed by atoms with Crippen LogP contribution in [-0.2, 0) is 38.0 Å². The Balaban J connectivity index is 1.01. The van der Waals surface area contributed by atoms with Crippen molar-refractivity contribution in [2.75, 3.05) is 14.2 Å². The van der Waals surface area contributed by atoms with Crippen molar-refractivity contribution in [1.82, 2.24) is 0 Å². The van der Waals surface area contributed by atoms with Crippen molar-refractivity contribution >= 4 is 5.78 Å². The van der Waals surface area contributed by atoms with Crippen LogP contribution in [0.3, 0.4) is 0 Å². The lowest BCUT2D eigenvalue weighted by Gasteiger charge is -2.61. The van der Waals surface area contributed by atoms with Crippen molar-refractivity contribution in [2.45, 2.75) is 171 Å². The van der Waals surface area contributed by atoms with Gasteiger partial charge in [0.1, 0.15) is 41.4 Å². The van der Waals surface area contributed by atoms with E-state index in [2.05, 4.69) is 6.92 Å². The number of ketones is 1. The topological polar surface area (TPSA) is 166 Å². The van der Waals surface area contributed by atoms with Crippen LogP contribution in [0.15, 0.2) is 0 Å². The van der Waals surface area contributed by atoms with E-state index in [-0.39, 0.29) is 41.2 Å². The molecule has 4 N–H and O–H groups in total. The molecule has 4 aliphatic carbocycles. The van der Waals surface area contributed by atoms with E-state index < -0.39 is 78.0 Å². The van der Waals surface area contributed by atoms with Gasteiger partial charge in [0, 0.05) is 37.9 Å². The third kappa shape index (κ3) is 4.76. The summed E-state index contributed by atoms with van der Waals surface area (Å²) in [6.45, 7) is 9.45. The lowest BCUT2D eigenvalue weighted by molar-refractivity contribution is -0.343. The molecule has 47 heavy (non-hydrogen) atoms. The Morgan fingerprint density at radius 1 is 0.809 bits per heavy atom. The van der Waals surface area contributed by atoms with E-state index in [1.807, 2.05) is 13.8 Å². The number of epoxide rings is 1. The highest BCUT2D eigenvalue weighted by Crippen LogP contribution is 2.81. The van der Waals surface area contributed by atoms with Gasteiger partial charge in [-0.25, -0.2) is 0 Å². The second-order valence-electron chi connectivity index (χ2n) is 16.3. The Bertz CT molecular complexity index is 1200. The predicted octanol–water partition coefficient (Wildman–Crippen LogP) is 1.85. The van der Waals surface area contributed by atoms with Crippen LogP contribution < -0.4 is 0 Å². The molecule has 7 rings (SSSR count). The molecular formula is C35H56O12. The van der Waals surface area contributed by atoms with Gasteiger partial charge in [0.25, 0.3) is 0 Å². The molecule has 0 bridgehead atoms. The molecule has 0 radical (unpaired) electrons. The summed E-state index contributed by atoms with van der Waals surface area (Å²) in [6, 6.07) is 0. The average Bonchev–Trinajstić information content (AvgIpc) is 3.57. The van der Waals surface area contributed by atoms with Crippen molar-refractivity contribution in [3.8, 4) is 0 Å². The zero-order valence-electron chi connectivity index (χ0n) is 28.9. The zero-order valence-corrected chi connectivity index (χ0v) is 28.9. The third-order valence-corrected chi connectivity index (χ3v) is 14.3. The molecule has 19 atom stereocenters. The quantitative estimate of drug-likeness (QED) is 0.230. The molecule has 7 fully saturated rings. The van der Waals surface area contributed by atoms with E-state index in [9.17, 15) is 25.2 Å². The number of carbonyl (C=O) groups excluding carboxylic acids is 1. The van der Waals surface area contributed by atoms with Gasteiger partial charge in [0.05, 0.1) is 36.6 Å². The summed E-state index contributed by atoms with van der Waals surface area (Å²) in [5.74, 6) is -0.163. The number of aliphatic hydroxyl groups is 4. The van der Waals surface area contributed by atoms with Crippen molar-refractivity contribution in [1.29, 1.82) is 0 Å². The van der Waals surface area contributed by atoms with Crippen LogP contribution in [0.5, 0.6) is 0 Å². The van der Waals surface area contributed by atoms with Gasteiger partial charge in [0.2, 0.25) is 0 Å². The van der Waals surface area contributed by atoms with Gasteiger partial charge in [-0.2, -0.15) is 0 Å². The minimum atomic E-state index is -1.19. The number of hydrogen-bond donors (Lipinski definition) is 4. The summed E-state index contributed by atoms with van der Waals surface area (Å²) in [5.41, 5.74) is -2.07. The van der Waals surface area contributed by atoms with Gasteiger partial charge in [-0.05, 0) is 77.0 Å². The van der Waals surface area contributed by atoms with E-state index in [1.165, 1.54) is 7.11 Å². The van der Waals surface area contributed by atoms with E-state index in [0.29, 0.717) is 12.8 Å². The number of Topliss-reactive ketones (excluding diaryl/α,β-unsaturated/α-hetero) is 1. The summed E-state index contributed by atoms with van der Waals surface area (Å²) < 4.78 is 43.0. The predicted molar refractivity (Wildman–Crippen MR) is 165 cm³/mol. The van der Waals surface area contributed by atoms with Crippen molar-refractivity contribution in [3.63, 3.8) is 0 Å². The van der Waals surface area contributed by atoms with Crippen LogP contribution in [0.1, 0.15) is 86.0 Å². The van der Waals surface area contributed by atoms with Crippen molar-refractivity contribution < 1.29 is 58.4 Å². The first-order valence-corrected chi connectivity index (χ1v) is 17.8. The molecule has 2 spiro atoms. The Morgan fingerprint density at radius 2 is 1.55 bits per heavy atom. The highest BCUT2D eigenvalue weighted by Gasteiger charge is 2.90. The van der Waals surface area contributed by atoms with Gasteiger partial charge in [-0.15, -0.1) is 0 Å². The maximum atomic E-state index is 12.7. The summed E-state index contributed by atoms with van der Waals surface area (Å²) in [4.78, 5) is 12.7. The minimum Gasteiger partial charge on any atom is -0.390 e. The minimum absolute atomic E-state index is 0.0406. The molecule has 12 nitrogen and oxygen atoms in total. The van der Waals surface area contributed by atoms with Crippen LogP contribution in [0.2, 0.25) is 0 Å². The normalized spacial score (nSPS) is 58.6. The maximum absolute atomic E-state index is 12.7. The average molecular weight is 669 g/mol. The second-order valence-corrected chi connectivity index (χ2v) is 16.3. The number of hydrogen-bond acceptors (Lipinski definition) is 12. The number of aliphatic hydroxyl groups excluding tert-OH is 4. The Morgan fingerprint density at radius 3 is 2.23 bits per heavy atom. The molecule has 3 aliphatic heterocycles. The smallest absolute Gasteiger partial charge is 0.187 e. The van der Waals surface area contributed by atoms with Gasteiger partial charge in [0.15, 0.2) is 12.6 Å². The molecule has 12 heteroatoms. The molecule has 0 amide bonds. The Hall–Kier alpha value is -0.770. The second kappa shape index (κ2) is 11.9. The van der Waals surface area contributed by atoms with Gasteiger partial charge in [-0.3, -0.25) is 4.79 Å². The van der Waals surface area contributed by atoms with Crippen LogP contribution >= 0.6 is 0 Å². The fourth-order valence-electron chi connectivity index (χ4n) is 11.9. The molecular weight excluding hydrogens is 612 g/mol. The van der Waals surface area contributed by atoms with Crippen molar-refractivity contribution in [3.05, 3.63) is 0 Å². The molecule has 0 aromatic heterocycles. The zero-order chi connectivity index (χ0) is 33.8. The van der Waals surface area contributed by atoms with E-state index >= 15 is 0 Å². The molecule has 3 saturated heterocycles. The highest BCUT2D eigenvalue weighted by molar-refractivity contribution is 5.80. The SMILES string of the molecule is COC1CC(OC2CCC3(C)C(CCC45OC46CCC(C(C)=O)C6(C)C(O)C(O)C35)C2)OC(C)C1OC1OC(C)C(O)C(OC)C1O. The largest absolute Gasteiger partial charge is 0.390 e. The maximum Gasteiger partial charge on any atom is 0.187 e. The fourth-order valence-corrected chi connectivity index (χ4v) is 11.9. The molecule has 0 aromatic rings. The number of ether oxygens (including phenoxy) is 7.